The Morgan fingerprint density at radius 2 is 2.00 bits per heavy atom. The summed E-state index contributed by atoms with van der Waals surface area (Å²) in [6, 6.07) is 5.31. The van der Waals surface area contributed by atoms with E-state index in [2.05, 4.69) is 4.98 Å². The van der Waals surface area contributed by atoms with E-state index in [0.717, 1.165) is 6.42 Å². The van der Waals surface area contributed by atoms with Gasteiger partial charge in [-0.05, 0) is 31.5 Å². The van der Waals surface area contributed by atoms with E-state index in [1.54, 1.807) is 24.3 Å². The van der Waals surface area contributed by atoms with Crippen LogP contribution in [-0.2, 0) is 6.42 Å². The van der Waals surface area contributed by atoms with Crippen molar-refractivity contribution < 1.29 is 13.2 Å². The van der Waals surface area contributed by atoms with Crippen molar-refractivity contribution in [3.63, 3.8) is 0 Å². The average Bonchev–Trinajstić information content (AvgIpc) is 2.73. The fourth-order valence-electron chi connectivity index (χ4n) is 2.44. The minimum Gasteiger partial charge on any atom is -0.330 e. The van der Waals surface area contributed by atoms with Crippen LogP contribution in [0.3, 0.4) is 0 Å². The molecule has 1 aromatic heterocycles. The lowest BCUT2D eigenvalue weighted by Gasteiger charge is -2.24. The number of rotatable bonds is 5. The highest BCUT2D eigenvalue weighted by molar-refractivity contribution is 5.76. The topological polar surface area (TPSA) is 43.8 Å². The molecule has 1 unspecified atom stereocenters. The Morgan fingerprint density at radius 3 is 2.60 bits per heavy atom. The number of hydrogen-bond acceptors (Lipinski definition) is 2. The zero-order chi connectivity index (χ0) is 14.8. The van der Waals surface area contributed by atoms with E-state index in [4.69, 9.17) is 5.73 Å². The molecule has 0 aliphatic carbocycles. The van der Waals surface area contributed by atoms with Crippen LogP contribution in [0.15, 0.2) is 24.3 Å². The molecule has 3 nitrogen and oxygen atoms in total. The number of para-hydroxylation sites is 2. The Bertz CT molecular complexity index is 575. The second kappa shape index (κ2) is 5.83. The van der Waals surface area contributed by atoms with Crippen LogP contribution >= 0.6 is 0 Å². The van der Waals surface area contributed by atoms with Crippen LogP contribution in [0.1, 0.15) is 31.6 Å². The van der Waals surface area contributed by atoms with Crippen LogP contribution < -0.4 is 5.73 Å². The summed E-state index contributed by atoms with van der Waals surface area (Å²) < 4.78 is 41.3. The number of nitrogens with two attached hydrogens (primary N) is 1. The summed E-state index contributed by atoms with van der Waals surface area (Å²) in [6.45, 7) is 1.91. The summed E-state index contributed by atoms with van der Waals surface area (Å²) in [4.78, 5) is 4.34. The standard InChI is InChI=1S/C14H18F3N3/c1-2-5-13-19-10-6-3-4-7-11(10)20(13)12(8-9-18)14(15,16)17/h3-4,6-7,12H,2,5,8-9,18H2,1H3. The Kier molecular flexibility index (Phi) is 4.32. The molecule has 0 fully saturated rings. The molecule has 2 rings (SSSR count). The van der Waals surface area contributed by atoms with Crippen LogP contribution in [-0.4, -0.2) is 22.3 Å². The first-order valence-electron chi connectivity index (χ1n) is 6.71. The first-order chi connectivity index (χ1) is 9.49. The number of hydrogen-bond donors (Lipinski definition) is 1. The molecule has 2 aromatic rings. The summed E-state index contributed by atoms with van der Waals surface area (Å²) in [6.07, 6.45) is -3.20. The second-order valence-corrected chi connectivity index (χ2v) is 4.77. The van der Waals surface area contributed by atoms with Crippen molar-refractivity contribution >= 4 is 11.0 Å². The van der Waals surface area contributed by atoms with Crippen LogP contribution in [0.2, 0.25) is 0 Å². The van der Waals surface area contributed by atoms with E-state index in [1.165, 1.54) is 4.57 Å². The van der Waals surface area contributed by atoms with Crippen LogP contribution in [0.5, 0.6) is 0 Å². The number of benzene rings is 1. The molecule has 0 saturated heterocycles. The molecule has 20 heavy (non-hydrogen) atoms. The average molecular weight is 285 g/mol. The first kappa shape index (κ1) is 14.8. The highest BCUT2D eigenvalue weighted by atomic mass is 19.4. The third-order valence-electron chi connectivity index (χ3n) is 3.27. The fraction of sp³-hybridized carbons (Fsp3) is 0.500. The van der Waals surface area contributed by atoms with Gasteiger partial charge in [-0.15, -0.1) is 0 Å². The van der Waals surface area contributed by atoms with Gasteiger partial charge in [-0.25, -0.2) is 4.98 Å². The number of imidazole rings is 1. The minimum atomic E-state index is -4.33. The fourth-order valence-corrected chi connectivity index (χ4v) is 2.44. The highest BCUT2D eigenvalue weighted by Crippen LogP contribution is 2.36. The molecule has 0 amide bonds. The molecule has 0 radical (unpaired) electrons. The van der Waals surface area contributed by atoms with Gasteiger partial charge < -0.3 is 10.3 Å². The van der Waals surface area contributed by atoms with Gasteiger partial charge in [0.15, 0.2) is 0 Å². The van der Waals surface area contributed by atoms with Gasteiger partial charge in [0.05, 0.1) is 11.0 Å². The van der Waals surface area contributed by atoms with Crippen molar-refractivity contribution in [2.45, 2.75) is 38.4 Å². The van der Waals surface area contributed by atoms with E-state index < -0.39 is 12.2 Å². The SMILES string of the molecule is CCCc1nc2ccccc2n1C(CCN)C(F)(F)F. The van der Waals surface area contributed by atoms with E-state index >= 15 is 0 Å². The van der Waals surface area contributed by atoms with Crippen LogP contribution in [0, 0.1) is 0 Å². The lowest BCUT2D eigenvalue weighted by Crippen LogP contribution is -2.30. The summed E-state index contributed by atoms with van der Waals surface area (Å²) in [5.41, 5.74) is 6.49. The van der Waals surface area contributed by atoms with Crippen molar-refractivity contribution in [3.05, 3.63) is 30.1 Å². The van der Waals surface area contributed by atoms with Crippen molar-refractivity contribution in [1.82, 2.24) is 9.55 Å². The van der Waals surface area contributed by atoms with E-state index in [0.29, 0.717) is 23.3 Å². The molecule has 2 N–H and O–H groups in total. The highest BCUT2D eigenvalue weighted by Gasteiger charge is 2.41. The molecule has 1 aromatic carbocycles. The first-order valence-corrected chi connectivity index (χ1v) is 6.71. The number of fused-ring (bicyclic) bond motifs is 1. The van der Waals surface area contributed by atoms with Gasteiger partial charge in [0.1, 0.15) is 11.9 Å². The zero-order valence-corrected chi connectivity index (χ0v) is 11.3. The number of halogens is 3. The molecule has 1 heterocycles. The van der Waals surface area contributed by atoms with E-state index in [1.807, 2.05) is 6.92 Å². The summed E-state index contributed by atoms with van der Waals surface area (Å²) >= 11 is 0. The normalized spacial score (nSPS) is 13.8. The minimum absolute atomic E-state index is 0.0117. The van der Waals surface area contributed by atoms with Crippen LogP contribution in [0.25, 0.3) is 11.0 Å². The predicted molar refractivity (Wildman–Crippen MR) is 72.5 cm³/mol. The summed E-state index contributed by atoms with van der Waals surface area (Å²) in [5.74, 6) is 0.476. The molecule has 0 spiro atoms. The van der Waals surface area contributed by atoms with Crippen molar-refractivity contribution in [3.8, 4) is 0 Å². The predicted octanol–water partition coefficient (Wildman–Crippen LogP) is 3.44. The van der Waals surface area contributed by atoms with Gasteiger partial charge in [-0.2, -0.15) is 13.2 Å². The molecular weight excluding hydrogens is 267 g/mol. The van der Waals surface area contributed by atoms with Gasteiger partial charge in [0, 0.05) is 6.42 Å². The number of aromatic nitrogens is 2. The third-order valence-corrected chi connectivity index (χ3v) is 3.27. The van der Waals surface area contributed by atoms with Gasteiger partial charge >= 0.3 is 6.18 Å². The largest absolute Gasteiger partial charge is 0.409 e. The number of alkyl halides is 3. The lowest BCUT2D eigenvalue weighted by molar-refractivity contribution is -0.168. The Labute approximate surface area is 115 Å². The number of aryl methyl sites for hydroxylation is 1. The Morgan fingerprint density at radius 1 is 1.30 bits per heavy atom. The second-order valence-electron chi connectivity index (χ2n) is 4.77. The maximum Gasteiger partial charge on any atom is 0.409 e. The summed E-state index contributed by atoms with van der Waals surface area (Å²) in [5, 5.41) is 0. The zero-order valence-electron chi connectivity index (χ0n) is 11.3. The molecule has 0 saturated carbocycles. The molecule has 0 aliphatic heterocycles. The van der Waals surface area contributed by atoms with Gasteiger partial charge in [0.2, 0.25) is 0 Å². The maximum atomic E-state index is 13.3. The van der Waals surface area contributed by atoms with Gasteiger partial charge in [-0.1, -0.05) is 19.1 Å². The smallest absolute Gasteiger partial charge is 0.330 e. The molecule has 110 valence electrons. The van der Waals surface area contributed by atoms with Crippen LogP contribution in [0.4, 0.5) is 13.2 Å². The Hall–Kier alpha value is -1.56. The van der Waals surface area contributed by atoms with E-state index in [9.17, 15) is 13.2 Å². The molecular formula is C14H18F3N3. The van der Waals surface area contributed by atoms with Crippen molar-refractivity contribution in [2.24, 2.45) is 5.73 Å². The quantitative estimate of drug-likeness (QED) is 0.914. The van der Waals surface area contributed by atoms with Crippen molar-refractivity contribution in [2.75, 3.05) is 6.54 Å². The third kappa shape index (κ3) is 2.80. The van der Waals surface area contributed by atoms with Gasteiger partial charge in [-0.3, -0.25) is 0 Å². The number of nitrogens with zero attached hydrogens (tertiary/aromatic N) is 2. The maximum absolute atomic E-state index is 13.3. The molecule has 0 bridgehead atoms. The monoisotopic (exact) mass is 285 g/mol. The van der Waals surface area contributed by atoms with Gasteiger partial charge in [0.25, 0.3) is 0 Å². The van der Waals surface area contributed by atoms with Crippen molar-refractivity contribution in [1.29, 1.82) is 0 Å². The Balaban J connectivity index is 2.61. The molecule has 1 atom stereocenters. The molecule has 6 heteroatoms. The molecule has 0 aliphatic rings. The summed E-state index contributed by atoms with van der Waals surface area (Å²) in [7, 11) is 0. The van der Waals surface area contributed by atoms with E-state index in [-0.39, 0.29) is 13.0 Å². The lowest BCUT2D eigenvalue weighted by atomic mass is 10.1.